The number of aromatic nitrogens is 2. The van der Waals surface area contributed by atoms with Crippen molar-refractivity contribution in [3.63, 3.8) is 0 Å². The first kappa shape index (κ1) is 11.1. The molecule has 0 radical (unpaired) electrons. The third-order valence-electron chi connectivity index (χ3n) is 3.31. The molecule has 2 rings (SSSR count). The summed E-state index contributed by atoms with van der Waals surface area (Å²) in [6.45, 7) is 3.78. The van der Waals surface area contributed by atoms with E-state index in [2.05, 4.69) is 16.9 Å². The zero-order valence-corrected chi connectivity index (χ0v) is 9.52. The topological polar surface area (TPSA) is 75.0 Å². The van der Waals surface area contributed by atoms with Gasteiger partial charge >= 0.3 is 0 Å². The molecule has 1 aliphatic rings. The quantitative estimate of drug-likeness (QED) is 0.756. The molecule has 0 bridgehead atoms. The number of anilines is 1. The van der Waals surface area contributed by atoms with Crippen molar-refractivity contribution in [1.29, 1.82) is 0 Å². The fourth-order valence-corrected chi connectivity index (χ4v) is 2.24. The number of H-pyrrole nitrogens is 1. The van der Waals surface area contributed by atoms with Gasteiger partial charge in [0.25, 0.3) is 5.56 Å². The lowest BCUT2D eigenvalue weighted by Crippen LogP contribution is -2.48. The average molecular weight is 222 g/mol. The Kier molecular flexibility index (Phi) is 3.24. The maximum atomic E-state index is 11.6. The van der Waals surface area contributed by atoms with Crippen molar-refractivity contribution in [3.05, 3.63) is 22.7 Å². The number of rotatable bonds is 2. The van der Waals surface area contributed by atoms with Gasteiger partial charge in [0.05, 0.1) is 0 Å². The van der Waals surface area contributed by atoms with Crippen LogP contribution in [0.1, 0.15) is 19.8 Å². The van der Waals surface area contributed by atoms with E-state index >= 15 is 0 Å². The summed E-state index contributed by atoms with van der Waals surface area (Å²) >= 11 is 0. The summed E-state index contributed by atoms with van der Waals surface area (Å²) in [5.41, 5.74) is 5.92. The van der Waals surface area contributed by atoms with Crippen molar-refractivity contribution < 1.29 is 0 Å². The minimum absolute atomic E-state index is 0.118. The van der Waals surface area contributed by atoms with Gasteiger partial charge in [-0.2, -0.15) is 0 Å². The minimum atomic E-state index is -0.118. The molecule has 0 aromatic carbocycles. The van der Waals surface area contributed by atoms with E-state index in [9.17, 15) is 4.79 Å². The first-order chi connectivity index (χ1) is 7.72. The second kappa shape index (κ2) is 4.65. The summed E-state index contributed by atoms with van der Waals surface area (Å²) in [6.07, 6.45) is 5.14. The Hall–Kier alpha value is -1.36. The third kappa shape index (κ3) is 2.09. The van der Waals surface area contributed by atoms with Crippen LogP contribution >= 0.6 is 0 Å². The van der Waals surface area contributed by atoms with Crippen molar-refractivity contribution in [2.45, 2.75) is 25.8 Å². The van der Waals surface area contributed by atoms with Gasteiger partial charge in [0, 0.05) is 31.5 Å². The minimum Gasteiger partial charge on any atom is -0.352 e. The second-order valence-electron chi connectivity index (χ2n) is 4.31. The normalized spacial score (nSPS) is 25.8. The van der Waals surface area contributed by atoms with E-state index in [1.807, 2.05) is 4.90 Å². The maximum Gasteiger partial charge on any atom is 0.290 e. The molecule has 0 saturated carbocycles. The third-order valence-corrected chi connectivity index (χ3v) is 3.31. The molecule has 2 atom stereocenters. The van der Waals surface area contributed by atoms with Crippen LogP contribution in [0.4, 0.5) is 5.82 Å². The molecule has 5 nitrogen and oxygen atoms in total. The number of hydrogen-bond acceptors (Lipinski definition) is 4. The van der Waals surface area contributed by atoms with Crippen molar-refractivity contribution in [2.75, 3.05) is 18.0 Å². The van der Waals surface area contributed by atoms with E-state index < -0.39 is 0 Å². The van der Waals surface area contributed by atoms with Crippen LogP contribution in [-0.2, 0) is 0 Å². The second-order valence-corrected chi connectivity index (χ2v) is 4.31. The van der Waals surface area contributed by atoms with Gasteiger partial charge in [0.15, 0.2) is 5.82 Å². The standard InChI is InChI=1S/C11H18N4O/c1-2-8-7-15(6-3-9(8)12)10-11(16)14-5-4-13-10/h4-5,8-9H,2-3,6-7,12H2,1H3,(H,14,16). The number of nitrogens with one attached hydrogen (secondary N) is 1. The highest BCUT2D eigenvalue weighted by Crippen LogP contribution is 2.20. The molecule has 1 aliphatic heterocycles. The lowest BCUT2D eigenvalue weighted by molar-refractivity contribution is 0.346. The van der Waals surface area contributed by atoms with Gasteiger partial charge in [-0.3, -0.25) is 4.79 Å². The van der Waals surface area contributed by atoms with Gasteiger partial charge in [-0.05, 0) is 12.3 Å². The Bertz CT molecular complexity index is 403. The monoisotopic (exact) mass is 222 g/mol. The number of aromatic amines is 1. The van der Waals surface area contributed by atoms with E-state index in [1.54, 1.807) is 12.4 Å². The number of hydrogen-bond donors (Lipinski definition) is 2. The Balaban J connectivity index is 2.18. The van der Waals surface area contributed by atoms with Gasteiger partial charge in [-0.15, -0.1) is 0 Å². The largest absolute Gasteiger partial charge is 0.352 e. The van der Waals surface area contributed by atoms with E-state index in [-0.39, 0.29) is 11.6 Å². The summed E-state index contributed by atoms with van der Waals surface area (Å²) in [5, 5.41) is 0. The van der Waals surface area contributed by atoms with Gasteiger partial charge in [0.2, 0.25) is 0 Å². The first-order valence-corrected chi connectivity index (χ1v) is 5.76. The fraction of sp³-hybridized carbons (Fsp3) is 0.636. The predicted octanol–water partition coefficient (Wildman–Crippen LogP) is 0.334. The molecule has 0 amide bonds. The first-order valence-electron chi connectivity index (χ1n) is 5.76. The SMILES string of the molecule is CCC1CN(c2ncc[nH]c2=O)CCC1N. The summed E-state index contributed by atoms with van der Waals surface area (Å²) in [7, 11) is 0. The number of nitrogens with zero attached hydrogens (tertiary/aromatic N) is 2. The molecule has 1 saturated heterocycles. The molecule has 1 fully saturated rings. The predicted molar refractivity (Wildman–Crippen MR) is 63.4 cm³/mol. The average Bonchev–Trinajstić information content (AvgIpc) is 2.31. The van der Waals surface area contributed by atoms with Crippen LogP contribution < -0.4 is 16.2 Å². The number of piperidine rings is 1. The highest BCUT2D eigenvalue weighted by molar-refractivity contribution is 5.36. The molecule has 2 heterocycles. The zero-order chi connectivity index (χ0) is 11.5. The van der Waals surface area contributed by atoms with Crippen LogP contribution in [0.2, 0.25) is 0 Å². The molecule has 0 aliphatic carbocycles. The van der Waals surface area contributed by atoms with Crippen molar-refractivity contribution in [3.8, 4) is 0 Å². The lowest BCUT2D eigenvalue weighted by Gasteiger charge is -2.36. The maximum absolute atomic E-state index is 11.6. The van der Waals surface area contributed by atoms with Crippen molar-refractivity contribution in [1.82, 2.24) is 9.97 Å². The van der Waals surface area contributed by atoms with Gasteiger partial charge < -0.3 is 15.6 Å². The van der Waals surface area contributed by atoms with Gasteiger partial charge in [0.1, 0.15) is 0 Å². The molecule has 1 aromatic heterocycles. The van der Waals surface area contributed by atoms with E-state index in [0.29, 0.717) is 11.7 Å². The fourth-order valence-electron chi connectivity index (χ4n) is 2.24. The molecule has 2 unspecified atom stereocenters. The molecule has 3 N–H and O–H groups in total. The van der Waals surface area contributed by atoms with Crippen molar-refractivity contribution in [2.24, 2.45) is 11.7 Å². The van der Waals surface area contributed by atoms with Crippen LogP contribution in [0.15, 0.2) is 17.2 Å². The Morgan fingerprint density at radius 1 is 1.69 bits per heavy atom. The van der Waals surface area contributed by atoms with Crippen LogP contribution in [0.5, 0.6) is 0 Å². The zero-order valence-electron chi connectivity index (χ0n) is 9.52. The van der Waals surface area contributed by atoms with Gasteiger partial charge in [-0.1, -0.05) is 13.3 Å². The molecule has 5 heteroatoms. The summed E-state index contributed by atoms with van der Waals surface area (Å²) in [5.74, 6) is 0.975. The van der Waals surface area contributed by atoms with E-state index in [1.165, 1.54) is 0 Å². The highest BCUT2D eigenvalue weighted by Gasteiger charge is 2.26. The lowest BCUT2D eigenvalue weighted by atomic mass is 9.91. The van der Waals surface area contributed by atoms with Crippen LogP contribution in [0.3, 0.4) is 0 Å². The molecule has 1 aromatic rings. The van der Waals surface area contributed by atoms with E-state index in [4.69, 9.17) is 5.73 Å². The molecular weight excluding hydrogens is 204 g/mol. The molecule has 0 spiro atoms. The molecule has 88 valence electrons. The smallest absolute Gasteiger partial charge is 0.290 e. The van der Waals surface area contributed by atoms with Gasteiger partial charge in [-0.25, -0.2) is 4.98 Å². The molecular formula is C11H18N4O. The Labute approximate surface area is 94.7 Å². The van der Waals surface area contributed by atoms with E-state index in [0.717, 1.165) is 25.9 Å². The Morgan fingerprint density at radius 3 is 3.19 bits per heavy atom. The van der Waals surface area contributed by atoms with Crippen LogP contribution in [0.25, 0.3) is 0 Å². The summed E-state index contributed by atoms with van der Waals surface area (Å²) in [6, 6.07) is 0.254. The van der Waals surface area contributed by atoms with Crippen LogP contribution in [-0.4, -0.2) is 29.1 Å². The van der Waals surface area contributed by atoms with Crippen LogP contribution in [0, 0.1) is 5.92 Å². The van der Waals surface area contributed by atoms with Crippen molar-refractivity contribution >= 4 is 5.82 Å². The number of nitrogens with two attached hydrogens (primary N) is 1. The summed E-state index contributed by atoms with van der Waals surface area (Å²) in [4.78, 5) is 20.4. The Morgan fingerprint density at radius 2 is 2.50 bits per heavy atom. The summed E-state index contributed by atoms with van der Waals surface area (Å²) < 4.78 is 0. The molecule has 16 heavy (non-hydrogen) atoms. The highest BCUT2D eigenvalue weighted by atomic mass is 16.1.